The molecular weight excluding hydrogens is 302 g/mol. The fourth-order valence-corrected chi connectivity index (χ4v) is 1.96. The second-order valence-corrected chi connectivity index (χ2v) is 4.83. The van der Waals surface area contributed by atoms with E-state index in [1.807, 2.05) is 0 Å². The average molecular weight is 320 g/mol. The predicted octanol–water partition coefficient (Wildman–Crippen LogP) is 2.89. The highest BCUT2D eigenvalue weighted by Gasteiger charge is 2.03. The number of urea groups is 1. The van der Waals surface area contributed by atoms with Gasteiger partial charge in [-0.25, -0.2) is 13.6 Å². The number of hydrogen-bond acceptors (Lipinski definition) is 2. The third-order valence-corrected chi connectivity index (χ3v) is 3.09. The Hall–Kier alpha value is -2.63. The molecule has 0 radical (unpaired) electrons. The quantitative estimate of drug-likeness (QED) is 0.771. The summed E-state index contributed by atoms with van der Waals surface area (Å²) in [6.07, 6.45) is 0.417. The molecule has 0 unspecified atom stereocenters. The van der Waals surface area contributed by atoms with Crippen molar-refractivity contribution in [3.05, 3.63) is 65.7 Å². The van der Waals surface area contributed by atoms with Gasteiger partial charge in [-0.15, -0.1) is 0 Å². The minimum absolute atomic E-state index is 0.226. The normalized spacial score (nSPS) is 10.2. The Balaban J connectivity index is 1.59. The van der Waals surface area contributed by atoms with Gasteiger partial charge in [0, 0.05) is 12.6 Å². The molecule has 2 rings (SSSR count). The van der Waals surface area contributed by atoms with E-state index in [2.05, 4.69) is 10.6 Å². The monoisotopic (exact) mass is 320 g/mol. The third-order valence-electron chi connectivity index (χ3n) is 3.09. The fraction of sp³-hybridized carbons (Fsp3) is 0.235. The first-order valence-corrected chi connectivity index (χ1v) is 7.28. The summed E-state index contributed by atoms with van der Waals surface area (Å²) in [6.45, 7) is 0.837. The summed E-state index contributed by atoms with van der Waals surface area (Å²) in [7, 11) is 0. The summed E-state index contributed by atoms with van der Waals surface area (Å²) in [5.74, 6) is -0.244. The highest BCUT2D eigenvalue weighted by atomic mass is 19.1. The van der Waals surface area contributed by atoms with Gasteiger partial charge < -0.3 is 15.4 Å². The van der Waals surface area contributed by atoms with Crippen molar-refractivity contribution in [2.45, 2.75) is 6.42 Å². The van der Waals surface area contributed by atoms with Gasteiger partial charge in [0.1, 0.15) is 24.0 Å². The zero-order valence-corrected chi connectivity index (χ0v) is 12.5. The maximum atomic E-state index is 13.4. The van der Waals surface area contributed by atoms with Crippen LogP contribution >= 0.6 is 0 Å². The van der Waals surface area contributed by atoms with Crippen LogP contribution in [0.25, 0.3) is 0 Å². The van der Waals surface area contributed by atoms with Crippen LogP contribution < -0.4 is 15.4 Å². The smallest absolute Gasteiger partial charge is 0.314 e. The summed E-state index contributed by atoms with van der Waals surface area (Å²) < 4.78 is 31.6. The van der Waals surface area contributed by atoms with Crippen LogP contribution in [0.3, 0.4) is 0 Å². The largest absolute Gasteiger partial charge is 0.492 e. The van der Waals surface area contributed by atoms with E-state index in [1.54, 1.807) is 30.3 Å². The summed E-state index contributed by atoms with van der Waals surface area (Å²) in [6, 6.07) is 11.9. The Bertz CT molecular complexity index is 650. The number of nitrogens with one attached hydrogen (secondary N) is 2. The van der Waals surface area contributed by atoms with Crippen LogP contribution in [0.5, 0.6) is 5.75 Å². The van der Waals surface area contributed by atoms with E-state index in [1.165, 1.54) is 18.2 Å². The van der Waals surface area contributed by atoms with Crippen molar-refractivity contribution in [2.75, 3.05) is 19.7 Å². The highest BCUT2D eigenvalue weighted by Crippen LogP contribution is 2.11. The Labute approximate surface area is 133 Å². The summed E-state index contributed by atoms with van der Waals surface area (Å²) in [5, 5.41) is 5.24. The molecule has 0 aromatic heterocycles. The molecule has 0 aliphatic heterocycles. The van der Waals surface area contributed by atoms with E-state index < -0.39 is 0 Å². The molecule has 0 heterocycles. The molecule has 0 saturated heterocycles. The average Bonchev–Trinajstić information content (AvgIpc) is 2.53. The summed E-state index contributed by atoms with van der Waals surface area (Å²) in [5.41, 5.74) is 0.558. The Kier molecular flexibility index (Phi) is 6.35. The first-order valence-electron chi connectivity index (χ1n) is 7.28. The molecule has 4 nitrogen and oxygen atoms in total. The number of amides is 2. The maximum Gasteiger partial charge on any atom is 0.314 e. The lowest BCUT2D eigenvalue weighted by Crippen LogP contribution is -2.38. The van der Waals surface area contributed by atoms with E-state index >= 15 is 0 Å². The van der Waals surface area contributed by atoms with Crippen LogP contribution in [-0.2, 0) is 6.42 Å². The van der Waals surface area contributed by atoms with Crippen LogP contribution in [0.15, 0.2) is 48.5 Å². The van der Waals surface area contributed by atoms with Crippen molar-refractivity contribution in [3.63, 3.8) is 0 Å². The number of ether oxygens (including phenoxy) is 1. The van der Waals surface area contributed by atoms with Crippen molar-refractivity contribution >= 4 is 6.03 Å². The van der Waals surface area contributed by atoms with Crippen LogP contribution in [0.4, 0.5) is 13.6 Å². The first kappa shape index (κ1) is 16.7. The zero-order chi connectivity index (χ0) is 16.5. The molecule has 2 N–H and O–H groups in total. The second-order valence-electron chi connectivity index (χ2n) is 4.83. The Morgan fingerprint density at radius 1 is 1.00 bits per heavy atom. The number of rotatable bonds is 7. The lowest BCUT2D eigenvalue weighted by molar-refractivity contribution is 0.236. The zero-order valence-electron chi connectivity index (χ0n) is 12.5. The van der Waals surface area contributed by atoms with Gasteiger partial charge in [-0.3, -0.25) is 0 Å². The number of halogens is 2. The minimum Gasteiger partial charge on any atom is -0.492 e. The standard InChI is InChI=1S/C17H18F2N2O2/c18-14-5-3-6-15(12-14)23-11-10-21-17(22)20-9-8-13-4-1-2-7-16(13)19/h1-7,12H,8-11H2,(H2,20,21,22). The lowest BCUT2D eigenvalue weighted by atomic mass is 10.1. The van der Waals surface area contributed by atoms with Gasteiger partial charge in [-0.05, 0) is 30.2 Å². The predicted molar refractivity (Wildman–Crippen MR) is 83.4 cm³/mol. The van der Waals surface area contributed by atoms with Crippen molar-refractivity contribution in [1.82, 2.24) is 10.6 Å². The fourth-order valence-electron chi connectivity index (χ4n) is 1.96. The summed E-state index contributed by atoms with van der Waals surface area (Å²) in [4.78, 5) is 11.6. The molecule has 6 heteroatoms. The van der Waals surface area contributed by atoms with Crippen LogP contribution in [0.2, 0.25) is 0 Å². The van der Waals surface area contributed by atoms with Gasteiger partial charge in [0.25, 0.3) is 0 Å². The molecule has 122 valence electrons. The molecule has 0 fully saturated rings. The van der Waals surface area contributed by atoms with Crippen LogP contribution in [0, 0.1) is 11.6 Å². The maximum absolute atomic E-state index is 13.4. The SMILES string of the molecule is O=C(NCCOc1cccc(F)c1)NCCc1ccccc1F. The van der Waals surface area contributed by atoms with Gasteiger partial charge >= 0.3 is 6.03 Å². The topological polar surface area (TPSA) is 50.4 Å². The van der Waals surface area contributed by atoms with Gasteiger partial charge in [-0.2, -0.15) is 0 Å². The molecule has 2 aromatic rings. The highest BCUT2D eigenvalue weighted by molar-refractivity contribution is 5.73. The van der Waals surface area contributed by atoms with Crippen molar-refractivity contribution < 1.29 is 18.3 Å². The lowest BCUT2D eigenvalue weighted by Gasteiger charge is -2.09. The van der Waals surface area contributed by atoms with Gasteiger partial charge in [-0.1, -0.05) is 24.3 Å². The molecule has 0 bridgehead atoms. The Morgan fingerprint density at radius 2 is 1.78 bits per heavy atom. The minimum atomic E-state index is -0.374. The second kappa shape index (κ2) is 8.73. The molecule has 2 aromatic carbocycles. The first-order chi connectivity index (χ1) is 11.1. The van der Waals surface area contributed by atoms with Gasteiger partial charge in [0.15, 0.2) is 0 Å². The van der Waals surface area contributed by atoms with E-state index in [0.29, 0.717) is 24.3 Å². The molecule has 0 atom stereocenters. The molecule has 0 aliphatic rings. The van der Waals surface area contributed by atoms with E-state index in [0.717, 1.165) is 0 Å². The van der Waals surface area contributed by atoms with Gasteiger partial charge in [0.05, 0.1) is 6.54 Å². The third kappa shape index (κ3) is 5.94. The van der Waals surface area contributed by atoms with E-state index in [-0.39, 0.29) is 30.8 Å². The van der Waals surface area contributed by atoms with E-state index in [9.17, 15) is 13.6 Å². The number of carbonyl (C=O) groups excluding carboxylic acids is 1. The molecular formula is C17H18F2N2O2. The van der Waals surface area contributed by atoms with E-state index in [4.69, 9.17) is 4.74 Å². The van der Waals surface area contributed by atoms with Crippen LogP contribution in [-0.4, -0.2) is 25.7 Å². The van der Waals surface area contributed by atoms with Crippen molar-refractivity contribution in [2.24, 2.45) is 0 Å². The molecule has 0 aliphatic carbocycles. The number of benzene rings is 2. The summed E-state index contributed by atoms with van der Waals surface area (Å²) >= 11 is 0. The van der Waals surface area contributed by atoms with Crippen molar-refractivity contribution in [1.29, 1.82) is 0 Å². The number of hydrogen-bond donors (Lipinski definition) is 2. The number of carbonyl (C=O) groups is 1. The van der Waals surface area contributed by atoms with Crippen molar-refractivity contribution in [3.8, 4) is 5.75 Å². The van der Waals surface area contributed by atoms with Crippen LogP contribution in [0.1, 0.15) is 5.56 Å². The molecule has 0 spiro atoms. The molecule has 2 amide bonds. The van der Waals surface area contributed by atoms with Gasteiger partial charge in [0.2, 0.25) is 0 Å². The molecule has 0 saturated carbocycles. The molecule has 23 heavy (non-hydrogen) atoms. The Morgan fingerprint density at radius 3 is 2.57 bits per heavy atom.